The normalized spacial score (nSPS) is 16.6. The van der Waals surface area contributed by atoms with E-state index in [0.29, 0.717) is 5.92 Å². The number of hydrogen-bond donors (Lipinski definition) is 0. The summed E-state index contributed by atoms with van der Waals surface area (Å²) in [4.78, 5) is 0. The van der Waals surface area contributed by atoms with Gasteiger partial charge in [-0.3, -0.25) is 0 Å². The van der Waals surface area contributed by atoms with Crippen molar-refractivity contribution < 1.29 is 0 Å². The van der Waals surface area contributed by atoms with Crippen molar-refractivity contribution in [2.75, 3.05) is 0 Å². The second-order valence-electron chi connectivity index (χ2n) is 7.18. The first-order valence-corrected chi connectivity index (χ1v) is 11.6. The highest BCUT2D eigenvalue weighted by Gasteiger charge is 2.35. The Bertz CT molecular complexity index is 793. The molecule has 0 unspecified atom stereocenters. The van der Waals surface area contributed by atoms with Crippen LogP contribution in [0.25, 0.3) is 11.1 Å². The largest absolute Gasteiger partial charge is 0.0773 e. The van der Waals surface area contributed by atoms with Crippen molar-refractivity contribution in [3.05, 3.63) is 82.1 Å². The van der Waals surface area contributed by atoms with E-state index in [2.05, 4.69) is 74.6 Å². The summed E-state index contributed by atoms with van der Waals surface area (Å²) >= 11 is 0. The molecule has 2 aromatic rings. The molecular weight excluding hydrogens is 304 g/mol. The Morgan fingerprint density at radius 3 is 2.04 bits per heavy atom. The van der Waals surface area contributed by atoms with Crippen molar-refractivity contribution in [3.8, 4) is 11.1 Å². The molecule has 0 aliphatic heterocycles. The van der Waals surface area contributed by atoms with Gasteiger partial charge in [0, 0.05) is 5.92 Å². The molecule has 24 heavy (non-hydrogen) atoms. The van der Waals surface area contributed by atoms with Crippen LogP contribution in [0, 0.1) is 0 Å². The summed E-state index contributed by atoms with van der Waals surface area (Å²) in [5.41, 5.74) is 9.20. The van der Waals surface area contributed by atoms with Gasteiger partial charge < -0.3 is 0 Å². The molecule has 2 aliphatic carbocycles. The van der Waals surface area contributed by atoms with E-state index in [1.165, 1.54) is 41.5 Å². The summed E-state index contributed by atoms with van der Waals surface area (Å²) in [6.07, 6.45) is 6.16. The van der Waals surface area contributed by atoms with Crippen LogP contribution >= 0.6 is 0 Å². The number of hydrogen-bond acceptors (Lipinski definition) is 0. The predicted molar refractivity (Wildman–Crippen MR) is 106 cm³/mol. The maximum absolute atomic E-state index is 2.52. The quantitative estimate of drug-likeness (QED) is 0.560. The van der Waals surface area contributed by atoms with Crippen molar-refractivity contribution in [3.63, 3.8) is 0 Å². The Morgan fingerprint density at radius 1 is 0.917 bits per heavy atom. The zero-order valence-electron chi connectivity index (χ0n) is 14.9. The van der Waals surface area contributed by atoms with Crippen LogP contribution in [0.3, 0.4) is 0 Å². The minimum absolute atomic E-state index is 0.423. The SMILES string of the molecule is CCCC1=CCC([Si](C)C)=C1C1c2ccccc2-c2ccccc21. The summed E-state index contributed by atoms with van der Waals surface area (Å²) in [7, 11) is -0.423. The van der Waals surface area contributed by atoms with Gasteiger partial charge in [0.1, 0.15) is 0 Å². The van der Waals surface area contributed by atoms with Crippen molar-refractivity contribution in [1.29, 1.82) is 0 Å². The number of rotatable bonds is 4. The zero-order valence-corrected chi connectivity index (χ0v) is 15.9. The maximum atomic E-state index is 2.52. The summed E-state index contributed by atoms with van der Waals surface area (Å²) < 4.78 is 0. The van der Waals surface area contributed by atoms with Gasteiger partial charge in [0.25, 0.3) is 0 Å². The van der Waals surface area contributed by atoms with Crippen LogP contribution in [0.2, 0.25) is 13.1 Å². The third kappa shape index (κ3) is 2.34. The van der Waals surface area contributed by atoms with E-state index in [9.17, 15) is 0 Å². The molecule has 0 heterocycles. The second-order valence-corrected chi connectivity index (χ2v) is 9.79. The standard InChI is InChI=1S/C23H25Si/c1-4-9-16-14-15-21(24(2)3)22(16)23-19-12-7-5-10-17(19)18-11-6-8-13-20(18)23/h5-8,10-14,23H,4,9,15H2,1-3H3. The van der Waals surface area contributed by atoms with E-state index in [0.717, 1.165) is 0 Å². The van der Waals surface area contributed by atoms with Gasteiger partial charge in [-0.25, -0.2) is 0 Å². The number of benzene rings is 2. The van der Waals surface area contributed by atoms with Gasteiger partial charge in [-0.15, -0.1) is 0 Å². The first-order chi connectivity index (χ1) is 11.7. The highest BCUT2D eigenvalue weighted by molar-refractivity contribution is 6.64. The lowest BCUT2D eigenvalue weighted by molar-refractivity contribution is 0.877. The zero-order chi connectivity index (χ0) is 16.7. The first-order valence-electron chi connectivity index (χ1n) is 9.13. The molecule has 0 nitrogen and oxygen atoms in total. The molecule has 1 radical (unpaired) electrons. The summed E-state index contributed by atoms with van der Waals surface area (Å²) in [6, 6.07) is 18.1. The Labute approximate surface area is 147 Å². The molecule has 2 aromatic carbocycles. The van der Waals surface area contributed by atoms with E-state index in [1.54, 1.807) is 16.3 Å². The lowest BCUT2D eigenvalue weighted by atomic mass is 9.85. The lowest BCUT2D eigenvalue weighted by Gasteiger charge is -2.22. The van der Waals surface area contributed by atoms with Crippen molar-refractivity contribution in [1.82, 2.24) is 0 Å². The first kappa shape index (κ1) is 15.7. The lowest BCUT2D eigenvalue weighted by Crippen LogP contribution is -2.12. The van der Waals surface area contributed by atoms with E-state index < -0.39 is 8.80 Å². The molecule has 4 rings (SSSR count). The van der Waals surface area contributed by atoms with Gasteiger partial charge in [0.05, 0.1) is 8.80 Å². The second kappa shape index (κ2) is 6.21. The molecule has 0 spiro atoms. The van der Waals surface area contributed by atoms with Crippen LogP contribution in [-0.4, -0.2) is 8.80 Å². The molecule has 0 bridgehead atoms. The van der Waals surface area contributed by atoms with Gasteiger partial charge in [0.2, 0.25) is 0 Å². The number of allylic oxidation sites excluding steroid dienone is 4. The minimum atomic E-state index is -0.423. The molecule has 0 fully saturated rings. The minimum Gasteiger partial charge on any atom is -0.0773 e. The Kier molecular flexibility index (Phi) is 4.05. The van der Waals surface area contributed by atoms with Crippen LogP contribution in [0.15, 0.2) is 70.9 Å². The Balaban J connectivity index is 1.95. The van der Waals surface area contributed by atoms with E-state index in [1.807, 2.05) is 0 Å². The van der Waals surface area contributed by atoms with E-state index >= 15 is 0 Å². The molecule has 0 amide bonds. The smallest absolute Gasteiger partial charge is 0.0745 e. The monoisotopic (exact) mass is 329 g/mol. The number of fused-ring (bicyclic) bond motifs is 3. The highest BCUT2D eigenvalue weighted by Crippen LogP contribution is 2.52. The molecule has 0 aromatic heterocycles. The molecule has 1 heteroatoms. The van der Waals surface area contributed by atoms with Gasteiger partial charge in [-0.2, -0.15) is 0 Å². The molecule has 0 saturated heterocycles. The van der Waals surface area contributed by atoms with Crippen molar-refractivity contribution in [2.24, 2.45) is 0 Å². The average Bonchev–Trinajstić information content (AvgIpc) is 3.14. The third-order valence-corrected chi connectivity index (χ3v) is 7.15. The molecule has 2 aliphatic rings. The summed E-state index contributed by atoms with van der Waals surface area (Å²) in [5.74, 6) is 0.451. The van der Waals surface area contributed by atoms with Crippen LogP contribution in [-0.2, 0) is 0 Å². The fourth-order valence-electron chi connectivity index (χ4n) is 4.44. The van der Waals surface area contributed by atoms with E-state index in [-0.39, 0.29) is 0 Å². The van der Waals surface area contributed by atoms with E-state index in [4.69, 9.17) is 0 Å². The molecule has 121 valence electrons. The fourth-order valence-corrected chi connectivity index (χ4v) is 5.80. The topological polar surface area (TPSA) is 0 Å². The predicted octanol–water partition coefficient (Wildman–Crippen LogP) is 6.52. The molecular formula is C23H25Si. The van der Waals surface area contributed by atoms with Crippen LogP contribution in [0.4, 0.5) is 0 Å². The summed E-state index contributed by atoms with van der Waals surface area (Å²) in [5, 5.41) is 1.75. The van der Waals surface area contributed by atoms with Gasteiger partial charge >= 0.3 is 0 Å². The maximum Gasteiger partial charge on any atom is 0.0745 e. The average molecular weight is 330 g/mol. The Hall–Kier alpha value is -1.86. The van der Waals surface area contributed by atoms with Crippen LogP contribution in [0.5, 0.6) is 0 Å². The Morgan fingerprint density at radius 2 is 1.50 bits per heavy atom. The van der Waals surface area contributed by atoms with Crippen molar-refractivity contribution in [2.45, 2.75) is 45.2 Å². The van der Waals surface area contributed by atoms with Crippen LogP contribution < -0.4 is 0 Å². The van der Waals surface area contributed by atoms with Crippen LogP contribution in [0.1, 0.15) is 43.2 Å². The molecule has 0 atom stereocenters. The fraction of sp³-hybridized carbons (Fsp3) is 0.304. The van der Waals surface area contributed by atoms with Gasteiger partial charge in [-0.1, -0.05) is 86.2 Å². The van der Waals surface area contributed by atoms with Gasteiger partial charge in [0.15, 0.2) is 0 Å². The third-order valence-electron chi connectivity index (χ3n) is 5.47. The molecule has 0 saturated carbocycles. The molecule has 0 N–H and O–H groups in total. The van der Waals surface area contributed by atoms with Crippen molar-refractivity contribution >= 4 is 8.80 Å². The highest BCUT2D eigenvalue weighted by atomic mass is 28.3. The van der Waals surface area contributed by atoms with Gasteiger partial charge in [-0.05, 0) is 46.2 Å². The summed E-state index contributed by atoms with van der Waals surface area (Å²) in [6.45, 7) is 7.21.